The van der Waals surface area contributed by atoms with Gasteiger partial charge in [-0.3, -0.25) is 4.79 Å². The molecule has 2 amide bonds. The third-order valence-electron chi connectivity index (χ3n) is 4.87. The number of aliphatic hydroxyl groups is 1. The van der Waals surface area contributed by atoms with Crippen LogP contribution in [0.5, 0.6) is 0 Å². The van der Waals surface area contributed by atoms with Crippen LogP contribution < -0.4 is 0 Å². The molecule has 2 aliphatic rings. The van der Waals surface area contributed by atoms with Gasteiger partial charge in [-0.25, -0.2) is 4.79 Å². The molecule has 2 heterocycles. The van der Waals surface area contributed by atoms with Crippen LogP contribution >= 0.6 is 0 Å². The maximum atomic E-state index is 12.6. The van der Waals surface area contributed by atoms with E-state index in [4.69, 9.17) is 5.11 Å². The fourth-order valence-corrected chi connectivity index (χ4v) is 3.51. The van der Waals surface area contributed by atoms with Gasteiger partial charge in [-0.1, -0.05) is 6.92 Å². The van der Waals surface area contributed by atoms with Crippen molar-refractivity contribution < 1.29 is 19.8 Å². The van der Waals surface area contributed by atoms with Crippen LogP contribution in [0.4, 0.5) is 4.79 Å². The first-order chi connectivity index (χ1) is 10.0. The zero-order valence-corrected chi connectivity index (χ0v) is 12.7. The molecule has 3 unspecified atom stereocenters. The predicted molar refractivity (Wildman–Crippen MR) is 77.9 cm³/mol. The van der Waals surface area contributed by atoms with Crippen molar-refractivity contribution in [1.29, 1.82) is 0 Å². The van der Waals surface area contributed by atoms with Crippen molar-refractivity contribution in [2.24, 2.45) is 11.8 Å². The number of carboxylic acids is 1. The van der Waals surface area contributed by atoms with Crippen LogP contribution in [0.25, 0.3) is 0 Å². The Hall–Kier alpha value is -1.30. The molecule has 6 nitrogen and oxygen atoms in total. The van der Waals surface area contributed by atoms with Crippen molar-refractivity contribution in [3.05, 3.63) is 0 Å². The number of aliphatic hydroxyl groups excluding tert-OH is 1. The lowest BCUT2D eigenvalue weighted by Crippen LogP contribution is -2.50. The van der Waals surface area contributed by atoms with Crippen molar-refractivity contribution >= 4 is 12.0 Å². The van der Waals surface area contributed by atoms with Crippen molar-refractivity contribution in [2.45, 2.75) is 45.1 Å². The molecule has 0 aromatic rings. The van der Waals surface area contributed by atoms with Gasteiger partial charge in [0.1, 0.15) is 0 Å². The number of likely N-dealkylation sites (tertiary alicyclic amines) is 2. The average molecular weight is 298 g/mol. The number of piperidine rings is 1. The summed E-state index contributed by atoms with van der Waals surface area (Å²) in [6, 6.07) is -0.0599. The second kappa shape index (κ2) is 7.11. The van der Waals surface area contributed by atoms with Gasteiger partial charge in [-0.05, 0) is 37.5 Å². The second-order valence-electron chi connectivity index (χ2n) is 6.38. The molecule has 0 aromatic heterocycles. The quantitative estimate of drug-likeness (QED) is 0.821. The number of hydrogen-bond donors (Lipinski definition) is 2. The molecule has 2 saturated heterocycles. The van der Waals surface area contributed by atoms with Crippen LogP contribution in [0.2, 0.25) is 0 Å². The molecule has 0 saturated carbocycles. The molecule has 21 heavy (non-hydrogen) atoms. The highest BCUT2D eigenvalue weighted by molar-refractivity contribution is 5.75. The van der Waals surface area contributed by atoms with E-state index < -0.39 is 5.97 Å². The summed E-state index contributed by atoms with van der Waals surface area (Å²) in [4.78, 5) is 26.9. The van der Waals surface area contributed by atoms with Gasteiger partial charge < -0.3 is 20.0 Å². The SMILES string of the molecule is CC1CCN(C(=O)N2CCCC(CCC(=O)O)C2)C1CO. The standard InChI is InChI=1S/C15H26N2O4/c1-11-6-8-17(13(11)10-18)15(21)16-7-2-3-12(9-16)4-5-14(19)20/h11-13,18H,2-10H2,1H3,(H,19,20). The van der Waals surface area contributed by atoms with Crippen LogP contribution in [0.3, 0.4) is 0 Å². The van der Waals surface area contributed by atoms with E-state index in [9.17, 15) is 14.7 Å². The van der Waals surface area contributed by atoms with Crippen LogP contribution in [-0.4, -0.2) is 64.3 Å². The number of carbonyl (C=O) groups is 2. The van der Waals surface area contributed by atoms with E-state index in [0.29, 0.717) is 25.4 Å². The number of urea groups is 1. The summed E-state index contributed by atoms with van der Waals surface area (Å²) in [5.74, 6) is -0.148. The minimum absolute atomic E-state index is 0.0124. The van der Waals surface area contributed by atoms with E-state index in [1.54, 1.807) is 4.90 Å². The van der Waals surface area contributed by atoms with Crippen LogP contribution in [0.15, 0.2) is 0 Å². The first kappa shape index (κ1) is 16.1. The molecule has 0 bridgehead atoms. The summed E-state index contributed by atoms with van der Waals surface area (Å²) in [5, 5.41) is 18.2. The first-order valence-electron chi connectivity index (χ1n) is 7.91. The number of carboxylic acid groups (broad SMARTS) is 1. The summed E-state index contributed by atoms with van der Waals surface area (Å²) >= 11 is 0. The Morgan fingerprint density at radius 1 is 1.24 bits per heavy atom. The van der Waals surface area contributed by atoms with Crippen LogP contribution in [-0.2, 0) is 4.79 Å². The molecule has 2 N–H and O–H groups in total. The molecule has 2 fully saturated rings. The molecule has 0 aliphatic carbocycles. The van der Waals surface area contributed by atoms with Gasteiger partial charge in [0.2, 0.25) is 0 Å². The Kier molecular flexibility index (Phi) is 5.45. The highest BCUT2D eigenvalue weighted by atomic mass is 16.4. The third-order valence-corrected chi connectivity index (χ3v) is 4.87. The van der Waals surface area contributed by atoms with Gasteiger partial charge in [0.25, 0.3) is 0 Å². The molecule has 0 radical (unpaired) electrons. The number of rotatable bonds is 4. The smallest absolute Gasteiger partial charge is 0.320 e. The fourth-order valence-electron chi connectivity index (χ4n) is 3.51. The maximum absolute atomic E-state index is 12.6. The highest BCUT2D eigenvalue weighted by Gasteiger charge is 2.37. The third kappa shape index (κ3) is 3.87. The molecule has 3 atom stereocenters. The van der Waals surface area contributed by atoms with Gasteiger partial charge in [0.05, 0.1) is 12.6 Å². The lowest BCUT2D eigenvalue weighted by molar-refractivity contribution is -0.137. The number of carbonyl (C=O) groups excluding carboxylic acids is 1. The summed E-state index contributed by atoms with van der Waals surface area (Å²) < 4.78 is 0. The summed E-state index contributed by atoms with van der Waals surface area (Å²) in [6.07, 6.45) is 3.68. The van der Waals surface area contributed by atoms with Crippen molar-refractivity contribution in [1.82, 2.24) is 9.80 Å². The average Bonchev–Trinajstić information content (AvgIpc) is 2.85. The van der Waals surface area contributed by atoms with E-state index in [-0.39, 0.29) is 31.0 Å². The van der Waals surface area contributed by atoms with E-state index in [0.717, 1.165) is 25.8 Å². The Morgan fingerprint density at radius 3 is 2.67 bits per heavy atom. The molecular formula is C15H26N2O4. The van der Waals surface area contributed by atoms with Crippen LogP contribution in [0.1, 0.15) is 39.0 Å². The van der Waals surface area contributed by atoms with Gasteiger partial charge in [-0.15, -0.1) is 0 Å². The highest BCUT2D eigenvalue weighted by Crippen LogP contribution is 2.27. The van der Waals surface area contributed by atoms with E-state index in [1.165, 1.54) is 0 Å². The van der Waals surface area contributed by atoms with Crippen molar-refractivity contribution in [3.63, 3.8) is 0 Å². The Morgan fingerprint density at radius 2 is 2.00 bits per heavy atom. The largest absolute Gasteiger partial charge is 0.481 e. The minimum Gasteiger partial charge on any atom is -0.481 e. The van der Waals surface area contributed by atoms with Crippen molar-refractivity contribution in [3.8, 4) is 0 Å². The first-order valence-corrected chi connectivity index (χ1v) is 7.91. The molecule has 120 valence electrons. The molecule has 6 heteroatoms. The predicted octanol–water partition coefficient (Wildman–Crippen LogP) is 1.39. The zero-order chi connectivity index (χ0) is 15.4. The number of nitrogens with zero attached hydrogens (tertiary/aromatic N) is 2. The Balaban J connectivity index is 1.91. The van der Waals surface area contributed by atoms with E-state index in [1.807, 2.05) is 4.90 Å². The van der Waals surface area contributed by atoms with Gasteiger partial charge in [0, 0.05) is 26.1 Å². The van der Waals surface area contributed by atoms with Gasteiger partial charge in [-0.2, -0.15) is 0 Å². The fraction of sp³-hybridized carbons (Fsp3) is 0.867. The summed E-state index contributed by atoms with van der Waals surface area (Å²) in [5.41, 5.74) is 0. The lowest BCUT2D eigenvalue weighted by atomic mass is 9.93. The molecule has 0 spiro atoms. The second-order valence-corrected chi connectivity index (χ2v) is 6.38. The summed E-state index contributed by atoms with van der Waals surface area (Å²) in [6.45, 7) is 4.19. The lowest BCUT2D eigenvalue weighted by Gasteiger charge is -2.37. The molecular weight excluding hydrogens is 272 g/mol. The zero-order valence-electron chi connectivity index (χ0n) is 12.7. The topological polar surface area (TPSA) is 81.1 Å². The summed E-state index contributed by atoms with van der Waals surface area (Å²) in [7, 11) is 0. The van der Waals surface area contributed by atoms with E-state index in [2.05, 4.69) is 6.92 Å². The van der Waals surface area contributed by atoms with Gasteiger partial charge in [0.15, 0.2) is 0 Å². The minimum atomic E-state index is -0.771. The molecule has 2 rings (SSSR count). The number of aliphatic carboxylic acids is 1. The maximum Gasteiger partial charge on any atom is 0.320 e. The number of amides is 2. The Labute approximate surface area is 125 Å². The Bertz CT molecular complexity index is 388. The van der Waals surface area contributed by atoms with E-state index >= 15 is 0 Å². The van der Waals surface area contributed by atoms with Crippen LogP contribution in [0, 0.1) is 11.8 Å². The monoisotopic (exact) mass is 298 g/mol. The molecule has 2 aliphatic heterocycles. The van der Waals surface area contributed by atoms with Gasteiger partial charge >= 0.3 is 12.0 Å². The van der Waals surface area contributed by atoms with Crippen molar-refractivity contribution in [2.75, 3.05) is 26.2 Å². The number of hydrogen-bond acceptors (Lipinski definition) is 3. The molecule has 0 aromatic carbocycles. The normalized spacial score (nSPS) is 29.7.